The molecule has 0 spiro atoms. The van der Waals surface area contributed by atoms with E-state index in [1.807, 2.05) is 42.5 Å². The molecular weight excluding hydrogens is 370 g/mol. The molecule has 0 bridgehead atoms. The summed E-state index contributed by atoms with van der Waals surface area (Å²) in [4.78, 5) is 24.4. The van der Waals surface area contributed by atoms with Crippen molar-refractivity contribution in [2.45, 2.75) is 0 Å². The summed E-state index contributed by atoms with van der Waals surface area (Å²) < 4.78 is 12.1. The van der Waals surface area contributed by atoms with Gasteiger partial charge in [-0.2, -0.15) is 5.10 Å². The number of nitrogens with one attached hydrogen (secondary N) is 1. The molecule has 2 aromatic carbocycles. The first kappa shape index (κ1) is 19.7. The fraction of sp³-hybridized carbons (Fsp3) is 0.136. The number of terminal acetylenes is 1. The Morgan fingerprint density at radius 1 is 1.14 bits per heavy atom. The normalized spacial score (nSPS) is 10.1. The van der Waals surface area contributed by atoms with Gasteiger partial charge < -0.3 is 14.8 Å². The number of methoxy groups -OCH3 is 1. The van der Waals surface area contributed by atoms with E-state index in [-0.39, 0.29) is 12.1 Å². The van der Waals surface area contributed by atoms with E-state index in [4.69, 9.17) is 15.9 Å². The van der Waals surface area contributed by atoms with Crippen LogP contribution in [0, 0.1) is 12.3 Å². The molecule has 0 atom stereocenters. The van der Waals surface area contributed by atoms with E-state index in [0.717, 1.165) is 5.69 Å². The maximum atomic E-state index is 12.7. The number of hydrogen-bond acceptors (Lipinski definition) is 5. The van der Waals surface area contributed by atoms with Gasteiger partial charge in [-0.15, -0.1) is 6.42 Å². The predicted molar refractivity (Wildman–Crippen MR) is 108 cm³/mol. The number of para-hydroxylation sites is 2. The summed E-state index contributed by atoms with van der Waals surface area (Å²) in [7, 11) is 1.54. The van der Waals surface area contributed by atoms with Crippen molar-refractivity contribution in [3.05, 3.63) is 66.4 Å². The number of nitrogens with zero attached hydrogens (tertiary/aromatic N) is 2. The van der Waals surface area contributed by atoms with Crippen molar-refractivity contribution in [3.8, 4) is 35.0 Å². The molecule has 0 unspecified atom stereocenters. The monoisotopic (exact) mass is 389 g/mol. The fourth-order valence-corrected chi connectivity index (χ4v) is 2.68. The SMILES string of the molecule is C#CCNC(=O)COC(=O)c1cn(-c2ccccc2)nc1-c1ccccc1OC. The molecule has 3 rings (SSSR count). The molecule has 0 saturated carbocycles. The highest BCUT2D eigenvalue weighted by molar-refractivity contribution is 5.98. The van der Waals surface area contributed by atoms with Gasteiger partial charge in [0.25, 0.3) is 5.91 Å². The Morgan fingerprint density at radius 3 is 2.59 bits per heavy atom. The molecule has 3 aromatic rings. The van der Waals surface area contributed by atoms with Crippen LogP contribution in [-0.4, -0.2) is 41.9 Å². The zero-order valence-corrected chi connectivity index (χ0v) is 15.8. The number of benzene rings is 2. The Labute approximate surface area is 168 Å². The first-order chi connectivity index (χ1) is 14.1. The standard InChI is InChI=1S/C22H19N3O4/c1-3-13-23-20(26)15-29-22(27)18-14-25(16-9-5-4-6-10-16)24-21(18)17-11-7-8-12-19(17)28-2/h1,4-12,14H,13,15H2,2H3,(H,23,26). The van der Waals surface area contributed by atoms with E-state index < -0.39 is 18.5 Å². The van der Waals surface area contributed by atoms with Crippen LogP contribution in [0.25, 0.3) is 16.9 Å². The molecule has 1 amide bonds. The number of aromatic nitrogens is 2. The van der Waals surface area contributed by atoms with Gasteiger partial charge in [-0.05, 0) is 24.3 Å². The Kier molecular flexibility index (Phi) is 6.28. The molecule has 0 saturated heterocycles. The first-order valence-electron chi connectivity index (χ1n) is 8.79. The van der Waals surface area contributed by atoms with Crippen molar-refractivity contribution in [2.24, 2.45) is 0 Å². The summed E-state index contributed by atoms with van der Waals surface area (Å²) in [6.45, 7) is -0.378. The van der Waals surface area contributed by atoms with Crippen molar-refractivity contribution in [3.63, 3.8) is 0 Å². The summed E-state index contributed by atoms with van der Waals surface area (Å²) in [5, 5.41) is 7.01. The largest absolute Gasteiger partial charge is 0.496 e. The van der Waals surface area contributed by atoms with Gasteiger partial charge in [0.2, 0.25) is 0 Å². The third-order valence-corrected chi connectivity index (χ3v) is 4.04. The van der Waals surface area contributed by atoms with Gasteiger partial charge in [-0.1, -0.05) is 36.3 Å². The topological polar surface area (TPSA) is 82.5 Å². The van der Waals surface area contributed by atoms with Crippen molar-refractivity contribution in [1.29, 1.82) is 0 Å². The molecule has 0 radical (unpaired) electrons. The second-order valence-corrected chi connectivity index (χ2v) is 5.93. The summed E-state index contributed by atoms with van der Waals surface area (Å²) in [6.07, 6.45) is 6.67. The van der Waals surface area contributed by atoms with E-state index in [1.54, 1.807) is 30.1 Å². The third kappa shape index (κ3) is 4.62. The van der Waals surface area contributed by atoms with Gasteiger partial charge in [-0.25, -0.2) is 9.48 Å². The molecule has 1 aromatic heterocycles. The van der Waals surface area contributed by atoms with Crippen molar-refractivity contribution in [2.75, 3.05) is 20.3 Å². The summed E-state index contributed by atoms with van der Waals surface area (Å²) in [6, 6.07) is 16.6. The lowest BCUT2D eigenvalue weighted by Gasteiger charge is -2.08. The maximum Gasteiger partial charge on any atom is 0.342 e. The highest BCUT2D eigenvalue weighted by Crippen LogP contribution is 2.32. The van der Waals surface area contributed by atoms with E-state index >= 15 is 0 Å². The first-order valence-corrected chi connectivity index (χ1v) is 8.79. The molecule has 29 heavy (non-hydrogen) atoms. The Balaban J connectivity index is 1.96. The lowest BCUT2D eigenvalue weighted by molar-refractivity contribution is -0.123. The molecule has 0 aliphatic rings. The summed E-state index contributed by atoms with van der Waals surface area (Å²) >= 11 is 0. The van der Waals surface area contributed by atoms with Crippen LogP contribution in [0.15, 0.2) is 60.8 Å². The minimum absolute atomic E-state index is 0.0643. The summed E-state index contributed by atoms with van der Waals surface area (Å²) in [5.41, 5.74) is 2.01. The van der Waals surface area contributed by atoms with Crippen molar-refractivity contribution >= 4 is 11.9 Å². The van der Waals surface area contributed by atoms with Gasteiger partial charge in [-0.3, -0.25) is 4.79 Å². The molecule has 0 aliphatic carbocycles. The minimum Gasteiger partial charge on any atom is -0.496 e. The van der Waals surface area contributed by atoms with E-state index in [9.17, 15) is 9.59 Å². The van der Waals surface area contributed by atoms with E-state index in [2.05, 4.69) is 16.3 Å². The number of esters is 1. The molecule has 7 heteroatoms. The molecule has 1 N–H and O–H groups in total. The van der Waals surface area contributed by atoms with Gasteiger partial charge in [0.05, 0.1) is 19.3 Å². The van der Waals surface area contributed by atoms with E-state index in [0.29, 0.717) is 17.0 Å². The fourth-order valence-electron chi connectivity index (χ4n) is 2.68. The number of carbonyl (C=O) groups excluding carboxylic acids is 2. The van der Waals surface area contributed by atoms with Crippen molar-refractivity contribution in [1.82, 2.24) is 15.1 Å². The van der Waals surface area contributed by atoms with Crippen LogP contribution in [-0.2, 0) is 9.53 Å². The number of hydrogen-bond donors (Lipinski definition) is 1. The van der Waals surface area contributed by atoms with Crippen LogP contribution < -0.4 is 10.1 Å². The second kappa shape index (κ2) is 9.24. The highest BCUT2D eigenvalue weighted by atomic mass is 16.5. The molecule has 0 aliphatic heterocycles. The molecule has 7 nitrogen and oxygen atoms in total. The lowest BCUT2D eigenvalue weighted by Crippen LogP contribution is -2.29. The smallest absolute Gasteiger partial charge is 0.342 e. The zero-order chi connectivity index (χ0) is 20.6. The number of rotatable bonds is 7. The molecule has 0 fully saturated rings. The number of amides is 1. The van der Waals surface area contributed by atoms with Gasteiger partial charge in [0, 0.05) is 11.8 Å². The van der Waals surface area contributed by atoms with Crippen LogP contribution >= 0.6 is 0 Å². The zero-order valence-electron chi connectivity index (χ0n) is 15.8. The Bertz CT molecular complexity index is 1050. The highest BCUT2D eigenvalue weighted by Gasteiger charge is 2.22. The van der Waals surface area contributed by atoms with Crippen LogP contribution in [0.1, 0.15) is 10.4 Å². The molecular formula is C22H19N3O4. The second-order valence-electron chi connectivity index (χ2n) is 5.93. The van der Waals surface area contributed by atoms with Crippen LogP contribution in [0.2, 0.25) is 0 Å². The van der Waals surface area contributed by atoms with Gasteiger partial charge in [0.15, 0.2) is 6.61 Å². The number of carbonyl (C=O) groups is 2. The van der Waals surface area contributed by atoms with Gasteiger partial charge in [0.1, 0.15) is 17.0 Å². The van der Waals surface area contributed by atoms with Crippen LogP contribution in [0.5, 0.6) is 5.75 Å². The molecule has 1 heterocycles. The predicted octanol–water partition coefficient (Wildman–Crippen LogP) is 2.45. The summed E-state index contributed by atoms with van der Waals surface area (Å²) in [5.74, 6) is 1.69. The van der Waals surface area contributed by atoms with E-state index in [1.165, 1.54) is 0 Å². The van der Waals surface area contributed by atoms with Crippen LogP contribution in [0.4, 0.5) is 0 Å². The van der Waals surface area contributed by atoms with Crippen molar-refractivity contribution < 1.29 is 19.1 Å². The average molecular weight is 389 g/mol. The Morgan fingerprint density at radius 2 is 1.86 bits per heavy atom. The minimum atomic E-state index is -0.677. The average Bonchev–Trinajstić information content (AvgIpc) is 3.22. The Hall–Kier alpha value is -4.05. The quantitative estimate of drug-likeness (QED) is 0.496. The van der Waals surface area contributed by atoms with Crippen LogP contribution in [0.3, 0.4) is 0 Å². The van der Waals surface area contributed by atoms with Gasteiger partial charge >= 0.3 is 5.97 Å². The molecule has 146 valence electrons. The maximum absolute atomic E-state index is 12.7. The third-order valence-electron chi connectivity index (χ3n) is 4.04. The number of ether oxygens (including phenoxy) is 2. The lowest BCUT2D eigenvalue weighted by atomic mass is 10.1.